The molecule has 31 heavy (non-hydrogen) atoms. The van der Waals surface area contributed by atoms with Gasteiger partial charge in [0, 0.05) is 23.9 Å². The van der Waals surface area contributed by atoms with Crippen molar-refractivity contribution in [3.05, 3.63) is 101 Å². The van der Waals surface area contributed by atoms with E-state index >= 15 is 0 Å². The van der Waals surface area contributed by atoms with Gasteiger partial charge in [-0.05, 0) is 40.8 Å². The lowest BCUT2D eigenvalue weighted by molar-refractivity contribution is -0.116. The summed E-state index contributed by atoms with van der Waals surface area (Å²) in [6.45, 7) is 0. The Labute approximate surface area is 186 Å². The number of ether oxygens (including phenoxy) is 1. The number of anilines is 1. The van der Waals surface area contributed by atoms with Gasteiger partial charge in [-0.15, -0.1) is 11.3 Å². The van der Waals surface area contributed by atoms with Crippen molar-refractivity contribution in [2.24, 2.45) is 0 Å². The second-order valence-corrected chi connectivity index (χ2v) is 8.38. The van der Waals surface area contributed by atoms with E-state index in [4.69, 9.17) is 4.74 Å². The number of aromatic nitrogens is 1. The highest BCUT2D eigenvalue weighted by atomic mass is 32.1. The number of hydrogen-bond acceptors (Lipinski definition) is 4. The van der Waals surface area contributed by atoms with Crippen LogP contribution in [-0.2, 0) is 17.6 Å². The molecule has 156 valence electrons. The Hall–Kier alpha value is -3.44. The topological polar surface area (TPSA) is 51.2 Å². The van der Waals surface area contributed by atoms with Gasteiger partial charge in [-0.2, -0.15) is 0 Å². The lowest BCUT2D eigenvalue weighted by Crippen LogP contribution is -2.11. The van der Waals surface area contributed by atoms with E-state index in [1.165, 1.54) is 28.0 Å². The third kappa shape index (κ3) is 5.80. The normalized spacial score (nSPS) is 10.6. The van der Waals surface area contributed by atoms with E-state index in [0.29, 0.717) is 18.0 Å². The van der Waals surface area contributed by atoms with Gasteiger partial charge in [-0.1, -0.05) is 66.7 Å². The fourth-order valence-corrected chi connectivity index (χ4v) is 4.19. The van der Waals surface area contributed by atoms with E-state index < -0.39 is 0 Å². The number of amides is 1. The molecule has 1 aromatic heterocycles. The molecule has 0 unspecified atom stereocenters. The third-order valence-electron chi connectivity index (χ3n) is 5.04. The SMILES string of the molecule is COc1ccc(Cc2cnc(NC(=O)CCc3ccc(-c4ccccc4)cc3)s2)cc1. The molecular formula is C26H24N2O2S. The molecule has 1 heterocycles. The van der Waals surface area contributed by atoms with Crippen LogP contribution in [0.25, 0.3) is 11.1 Å². The molecule has 1 amide bonds. The molecule has 0 aliphatic rings. The van der Waals surface area contributed by atoms with E-state index in [0.717, 1.165) is 22.6 Å². The van der Waals surface area contributed by atoms with E-state index in [1.54, 1.807) is 7.11 Å². The largest absolute Gasteiger partial charge is 0.497 e. The number of carbonyl (C=O) groups excluding carboxylic acids is 1. The van der Waals surface area contributed by atoms with Crippen LogP contribution in [0.15, 0.2) is 85.1 Å². The molecule has 0 saturated heterocycles. The molecule has 4 nitrogen and oxygen atoms in total. The van der Waals surface area contributed by atoms with Crippen LogP contribution in [0.3, 0.4) is 0 Å². The second-order valence-electron chi connectivity index (χ2n) is 7.27. The first-order chi connectivity index (χ1) is 15.2. The second kappa shape index (κ2) is 10.0. The van der Waals surface area contributed by atoms with E-state index in [1.807, 2.05) is 48.7 Å². The summed E-state index contributed by atoms with van der Waals surface area (Å²) in [6.07, 6.45) is 3.74. The quantitative estimate of drug-likeness (QED) is 0.375. The van der Waals surface area contributed by atoms with E-state index in [9.17, 15) is 4.79 Å². The first kappa shape index (κ1) is 20.8. The molecule has 3 aromatic carbocycles. The number of aryl methyl sites for hydroxylation is 1. The maximum absolute atomic E-state index is 12.4. The average Bonchev–Trinajstić information content (AvgIpc) is 3.25. The standard InChI is InChI=1S/C26H24N2O2S/c1-30-23-14-9-20(10-15-23)17-24-18-27-26(31-24)28-25(29)16-11-19-7-12-22(13-8-19)21-5-3-2-4-6-21/h2-10,12-15,18H,11,16-17H2,1H3,(H,27,28,29). The summed E-state index contributed by atoms with van der Waals surface area (Å²) in [4.78, 5) is 17.8. The van der Waals surface area contributed by atoms with Crippen LogP contribution < -0.4 is 10.1 Å². The lowest BCUT2D eigenvalue weighted by Gasteiger charge is -2.05. The molecule has 1 N–H and O–H groups in total. The summed E-state index contributed by atoms with van der Waals surface area (Å²) >= 11 is 1.51. The molecule has 0 radical (unpaired) electrons. The number of nitrogens with zero attached hydrogens (tertiary/aromatic N) is 1. The number of carbonyl (C=O) groups is 1. The zero-order valence-corrected chi connectivity index (χ0v) is 18.2. The molecule has 0 aliphatic carbocycles. The Morgan fingerprint density at radius 3 is 2.29 bits per heavy atom. The minimum Gasteiger partial charge on any atom is -0.497 e. The summed E-state index contributed by atoms with van der Waals surface area (Å²) in [7, 11) is 1.66. The van der Waals surface area contributed by atoms with Crippen LogP contribution in [0.1, 0.15) is 22.4 Å². The van der Waals surface area contributed by atoms with Gasteiger partial charge in [0.25, 0.3) is 0 Å². The summed E-state index contributed by atoms with van der Waals surface area (Å²) in [5, 5.41) is 3.57. The molecular weight excluding hydrogens is 404 g/mol. The van der Waals surface area contributed by atoms with Crippen molar-refractivity contribution < 1.29 is 9.53 Å². The number of benzene rings is 3. The molecule has 0 bridgehead atoms. The average molecular weight is 429 g/mol. The maximum atomic E-state index is 12.4. The molecule has 0 aliphatic heterocycles. The highest BCUT2D eigenvalue weighted by Gasteiger charge is 2.08. The molecule has 0 atom stereocenters. The summed E-state index contributed by atoms with van der Waals surface area (Å²) in [6, 6.07) is 26.7. The van der Waals surface area contributed by atoms with Gasteiger partial charge in [-0.3, -0.25) is 4.79 Å². The van der Waals surface area contributed by atoms with Gasteiger partial charge >= 0.3 is 0 Å². The minimum absolute atomic E-state index is 0.0162. The first-order valence-electron chi connectivity index (χ1n) is 10.2. The molecule has 0 fully saturated rings. The van der Waals surface area contributed by atoms with Crippen molar-refractivity contribution in [1.82, 2.24) is 4.98 Å². The number of rotatable bonds is 8. The van der Waals surface area contributed by atoms with Gasteiger partial charge in [0.2, 0.25) is 5.91 Å². The van der Waals surface area contributed by atoms with Crippen molar-refractivity contribution in [3.63, 3.8) is 0 Å². The van der Waals surface area contributed by atoms with Crippen LogP contribution in [0.2, 0.25) is 0 Å². The molecule has 5 heteroatoms. The van der Waals surface area contributed by atoms with Crippen LogP contribution in [-0.4, -0.2) is 18.0 Å². The van der Waals surface area contributed by atoms with Gasteiger partial charge < -0.3 is 10.1 Å². The van der Waals surface area contributed by atoms with Gasteiger partial charge in [0.1, 0.15) is 5.75 Å². The summed E-state index contributed by atoms with van der Waals surface area (Å²) in [5.41, 5.74) is 4.71. The maximum Gasteiger partial charge on any atom is 0.226 e. The number of hydrogen-bond donors (Lipinski definition) is 1. The Kier molecular flexibility index (Phi) is 6.75. The molecule has 4 rings (SSSR count). The highest BCUT2D eigenvalue weighted by Crippen LogP contribution is 2.23. The van der Waals surface area contributed by atoms with Crippen molar-refractivity contribution in [1.29, 1.82) is 0 Å². The fraction of sp³-hybridized carbons (Fsp3) is 0.154. The summed E-state index contributed by atoms with van der Waals surface area (Å²) in [5.74, 6) is 0.827. The Morgan fingerprint density at radius 2 is 1.58 bits per heavy atom. The zero-order chi connectivity index (χ0) is 21.5. The Morgan fingerprint density at radius 1 is 0.903 bits per heavy atom. The minimum atomic E-state index is -0.0162. The van der Waals surface area contributed by atoms with E-state index in [-0.39, 0.29) is 5.91 Å². The van der Waals surface area contributed by atoms with Crippen molar-refractivity contribution in [2.45, 2.75) is 19.3 Å². The first-order valence-corrected chi connectivity index (χ1v) is 11.0. The van der Waals surface area contributed by atoms with Crippen LogP contribution in [0.5, 0.6) is 5.75 Å². The predicted molar refractivity (Wildman–Crippen MR) is 127 cm³/mol. The van der Waals surface area contributed by atoms with Gasteiger partial charge in [-0.25, -0.2) is 4.98 Å². The van der Waals surface area contributed by atoms with Crippen LogP contribution >= 0.6 is 11.3 Å². The highest BCUT2D eigenvalue weighted by molar-refractivity contribution is 7.15. The number of methoxy groups -OCH3 is 1. The molecule has 0 saturated carbocycles. The third-order valence-corrected chi connectivity index (χ3v) is 5.95. The van der Waals surface area contributed by atoms with Crippen molar-refractivity contribution in [2.75, 3.05) is 12.4 Å². The number of thiazole rings is 1. The lowest BCUT2D eigenvalue weighted by atomic mass is 10.0. The van der Waals surface area contributed by atoms with E-state index in [2.05, 4.69) is 46.7 Å². The van der Waals surface area contributed by atoms with Gasteiger partial charge in [0.05, 0.1) is 7.11 Å². The van der Waals surface area contributed by atoms with Gasteiger partial charge in [0.15, 0.2) is 5.13 Å². The molecule has 0 spiro atoms. The van der Waals surface area contributed by atoms with Crippen molar-refractivity contribution in [3.8, 4) is 16.9 Å². The van der Waals surface area contributed by atoms with Crippen LogP contribution in [0.4, 0.5) is 5.13 Å². The Bertz CT molecular complexity index is 1120. The summed E-state index contributed by atoms with van der Waals surface area (Å²) < 4.78 is 5.19. The molecule has 4 aromatic rings. The monoisotopic (exact) mass is 428 g/mol. The smallest absolute Gasteiger partial charge is 0.226 e. The Balaban J connectivity index is 1.27. The van der Waals surface area contributed by atoms with Crippen molar-refractivity contribution >= 4 is 22.4 Å². The zero-order valence-electron chi connectivity index (χ0n) is 17.4. The predicted octanol–water partition coefficient (Wildman–Crippen LogP) is 5.98. The fourth-order valence-electron chi connectivity index (χ4n) is 3.33. The number of nitrogens with one attached hydrogen (secondary N) is 1. The van der Waals surface area contributed by atoms with Crippen LogP contribution in [0, 0.1) is 0 Å².